The summed E-state index contributed by atoms with van der Waals surface area (Å²) >= 11 is 0. The molecule has 0 aliphatic carbocycles. The van der Waals surface area contributed by atoms with Crippen molar-refractivity contribution in [2.24, 2.45) is 5.92 Å². The Morgan fingerprint density at radius 2 is 2.00 bits per heavy atom. The van der Waals surface area contributed by atoms with E-state index in [0.717, 1.165) is 29.0 Å². The third-order valence-electron chi connectivity index (χ3n) is 6.20. The molecule has 3 atom stereocenters. The SMILES string of the molecule is CCOc1ccc(C2Nc3ccc(C(=O)NCCOC)cc3C3C2CCN3C(=O)O)cc1. The molecule has 2 amide bonds. The lowest BCUT2D eigenvalue weighted by molar-refractivity contribution is 0.0937. The van der Waals surface area contributed by atoms with Crippen molar-refractivity contribution in [3.05, 3.63) is 59.2 Å². The van der Waals surface area contributed by atoms with Gasteiger partial charge in [0.2, 0.25) is 0 Å². The predicted octanol–water partition coefficient (Wildman–Crippen LogP) is 3.67. The molecule has 8 heteroatoms. The summed E-state index contributed by atoms with van der Waals surface area (Å²) in [6, 6.07) is 13.1. The lowest BCUT2D eigenvalue weighted by atomic mass is 9.79. The van der Waals surface area contributed by atoms with Gasteiger partial charge in [0.15, 0.2) is 0 Å². The highest BCUT2D eigenvalue weighted by molar-refractivity contribution is 5.95. The Bertz CT molecular complexity index is 978. The van der Waals surface area contributed by atoms with Crippen LogP contribution in [0.4, 0.5) is 10.5 Å². The van der Waals surface area contributed by atoms with Gasteiger partial charge in [-0.1, -0.05) is 12.1 Å². The van der Waals surface area contributed by atoms with Crippen LogP contribution < -0.4 is 15.4 Å². The quantitative estimate of drug-likeness (QED) is 0.569. The fourth-order valence-corrected chi connectivity index (χ4v) is 4.77. The first-order chi connectivity index (χ1) is 15.5. The first kappa shape index (κ1) is 22.0. The van der Waals surface area contributed by atoms with Gasteiger partial charge < -0.3 is 30.1 Å². The maximum absolute atomic E-state index is 12.6. The number of rotatable bonds is 7. The molecule has 2 aliphatic rings. The smallest absolute Gasteiger partial charge is 0.407 e. The molecule has 0 radical (unpaired) electrons. The van der Waals surface area contributed by atoms with Crippen LogP contribution in [0.5, 0.6) is 5.75 Å². The molecule has 32 heavy (non-hydrogen) atoms. The second-order valence-corrected chi connectivity index (χ2v) is 8.05. The highest BCUT2D eigenvalue weighted by Gasteiger charge is 2.46. The Morgan fingerprint density at radius 1 is 1.22 bits per heavy atom. The highest BCUT2D eigenvalue weighted by Crippen LogP contribution is 2.51. The van der Waals surface area contributed by atoms with Crippen molar-refractivity contribution in [3.63, 3.8) is 0 Å². The second-order valence-electron chi connectivity index (χ2n) is 8.05. The minimum absolute atomic E-state index is 0.0334. The number of nitrogens with zero attached hydrogens (tertiary/aromatic N) is 1. The number of hydrogen-bond donors (Lipinski definition) is 3. The van der Waals surface area contributed by atoms with Crippen LogP contribution in [0.25, 0.3) is 0 Å². The molecule has 0 aromatic heterocycles. The van der Waals surface area contributed by atoms with E-state index in [1.54, 1.807) is 13.2 Å². The van der Waals surface area contributed by atoms with Gasteiger partial charge in [-0.05, 0) is 54.8 Å². The molecule has 2 aromatic carbocycles. The van der Waals surface area contributed by atoms with Gasteiger partial charge in [0.1, 0.15) is 5.75 Å². The third-order valence-corrected chi connectivity index (χ3v) is 6.20. The van der Waals surface area contributed by atoms with Crippen molar-refractivity contribution >= 4 is 17.7 Å². The van der Waals surface area contributed by atoms with Gasteiger partial charge in [-0.15, -0.1) is 0 Å². The summed E-state index contributed by atoms with van der Waals surface area (Å²) in [4.78, 5) is 26.1. The molecule has 0 spiro atoms. The number of likely N-dealkylation sites (tertiary alicyclic amines) is 1. The number of methoxy groups -OCH3 is 1. The molecular weight excluding hydrogens is 410 g/mol. The van der Waals surface area contributed by atoms with Crippen molar-refractivity contribution in [2.75, 3.05) is 38.7 Å². The fourth-order valence-electron chi connectivity index (χ4n) is 4.77. The third kappa shape index (κ3) is 4.23. The Kier molecular flexibility index (Phi) is 6.50. The minimum atomic E-state index is -0.939. The number of hydrogen-bond acceptors (Lipinski definition) is 5. The van der Waals surface area contributed by atoms with Gasteiger partial charge in [-0.3, -0.25) is 4.79 Å². The molecule has 1 fully saturated rings. The van der Waals surface area contributed by atoms with Gasteiger partial charge in [0.05, 0.1) is 25.3 Å². The van der Waals surface area contributed by atoms with Crippen molar-refractivity contribution < 1.29 is 24.2 Å². The number of amides is 2. The maximum atomic E-state index is 12.6. The van der Waals surface area contributed by atoms with E-state index >= 15 is 0 Å². The van der Waals surface area contributed by atoms with Crippen molar-refractivity contribution in [1.82, 2.24) is 10.2 Å². The first-order valence-electron chi connectivity index (χ1n) is 10.9. The van der Waals surface area contributed by atoms with E-state index in [-0.39, 0.29) is 23.9 Å². The molecule has 1 saturated heterocycles. The molecule has 3 N–H and O–H groups in total. The summed E-state index contributed by atoms with van der Waals surface area (Å²) in [6.07, 6.45) is -0.198. The zero-order valence-electron chi connectivity index (χ0n) is 18.3. The van der Waals surface area contributed by atoms with Crippen LogP contribution >= 0.6 is 0 Å². The van der Waals surface area contributed by atoms with E-state index < -0.39 is 6.09 Å². The Labute approximate surface area is 187 Å². The van der Waals surface area contributed by atoms with Gasteiger partial charge in [0.25, 0.3) is 5.91 Å². The molecular formula is C24H29N3O5. The average molecular weight is 440 g/mol. The van der Waals surface area contributed by atoms with Gasteiger partial charge in [-0.2, -0.15) is 0 Å². The molecule has 170 valence electrons. The maximum Gasteiger partial charge on any atom is 0.407 e. The van der Waals surface area contributed by atoms with Crippen LogP contribution in [0.15, 0.2) is 42.5 Å². The first-order valence-corrected chi connectivity index (χ1v) is 10.9. The Hall–Kier alpha value is -3.26. The number of carbonyl (C=O) groups excluding carboxylic acids is 1. The molecule has 0 bridgehead atoms. The van der Waals surface area contributed by atoms with Gasteiger partial charge in [0, 0.05) is 37.4 Å². The summed E-state index contributed by atoms with van der Waals surface area (Å²) in [6.45, 7) is 3.86. The fraction of sp³-hybridized carbons (Fsp3) is 0.417. The highest BCUT2D eigenvalue weighted by atomic mass is 16.5. The van der Waals surface area contributed by atoms with Crippen LogP contribution in [-0.2, 0) is 4.74 Å². The number of anilines is 1. The summed E-state index contributed by atoms with van der Waals surface area (Å²) in [5, 5.41) is 16.3. The van der Waals surface area contributed by atoms with E-state index in [9.17, 15) is 14.7 Å². The molecule has 2 aliphatic heterocycles. The molecule has 3 unspecified atom stereocenters. The van der Waals surface area contributed by atoms with E-state index in [1.165, 1.54) is 4.90 Å². The van der Waals surface area contributed by atoms with Crippen LogP contribution in [0.1, 0.15) is 46.9 Å². The van der Waals surface area contributed by atoms with Gasteiger partial charge >= 0.3 is 6.09 Å². The molecule has 4 rings (SSSR count). The lowest BCUT2D eigenvalue weighted by Crippen LogP contribution is -2.37. The number of benzene rings is 2. The summed E-state index contributed by atoms with van der Waals surface area (Å²) in [5.41, 5.74) is 3.29. The predicted molar refractivity (Wildman–Crippen MR) is 120 cm³/mol. The number of nitrogens with one attached hydrogen (secondary N) is 2. The zero-order valence-corrected chi connectivity index (χ0v) is 18.3. The molecule has 0 saturated carbocycles. The van der Waals surface area contributed by atoms with Crippen LogP contribution in [0, 0.1) is 5.92 Å². The Balaban J connectivity index is 1.66. The van der Waals surface area contributed by atoms with Crippen molar-refractivity contribution in [3.8, 4) is 5.75 Å². The van der Waals surface area contributed by atoms with Crippen molar-refractivity contribution in [2.45, 2.75) is 25.4 Å². The van der Waals surface area contributed by atoms with Crippen molar-refractivity contribution in [1.29, 1.82) is 0 Å². The average Bonchev–Trinajstić information content (AvgIpc) is 3.25. The molecule has 8 nitrogen and oxygen atoms in total. The van der Waals surface area contributed by atoms with E-state index in [0.29, 0.717) is 31.9 Å². The monoisotopic (exact) mass is 439 g/mol. The number of carbonyl (C=O) groups is 2. The van der Waals surface area contributed by atoms with E-state index in [4.69, 9.17) is 9.47 Å². The summed E-state index contributed by atoms with van der Waals surface area (Å²) in [7, 11) is 1.58. The Morgan fingerprint density at radius 3 is 2.69 bits per heavy atom. The van der Waals surface area contributed by atoms with Crippen LogP contribution in [-0.4, -0.2) is 55.4 Å². The molecule has 2 aromatic rings. The molecule has 2 heterocycles. The van der Waals surface area contributed by atoms with E-state index in [1.807, 2.05) is 43.3 Å². The van der Waals surface area contributed by atoms with Crippen LogP contribution in [0.2, 0.25) is 0 Å². The standard InChI is InChI=1S/C24H29N3O5/c1-3-32-17-7-4-15(5-8-17)21-18-10-12-27(24(29)30)22(18)19-14-16(6-9-20(19)26-21)23(28)25-11-13-31-2/h4-9,14,18,21-22,26H,3,10-13H2,1-2H3,(H,25,28)(H,29,30). The number of ether oxygens (including phenoxy) is 2. The summed E-state index contributed by atoms with van der Waals surface area (Å²) in [5.74, 6) is 0.671. The van der Waals surface area contributed by atoms with Gasteiger partial charge in [-0.25, -0.2) is 4.79 Å². The topological polar surface area (TPSA) is 100 Å². The second kappa shape index (κ2) is 9.48. The number of fused-ring (bicyclic) bond motifs is 3. The summed E-state index contributed by atoms with van der Waals surface area (Å²) < 4.78 is 10.5. The zero-order chi connectivity index (χ0) is 22.7. The normalized spacial score (nSPS) is 21.3. The lowest BCUT2D eigenvalue weighted by Gasteiger charge is -2.39. The largest absolute Gasteiger partial charge is 0.494 e. The minimum Gasteiger partial charge on any atom is -0.494 e. The number of carboxylic acid groups (broad SMARTS) is 1. The van der Waals surface area contributed by atoms with Crippen LogP contribution in [0.3, 0.4) is 0 Å². The van der Waals surface area contributed by atoms with E-state index in [2.05, 4.69) is 10.6 Å².